The Balaban J connectivity index is 1.97. The first-order chi connectivity index (χ1) is 11.3. The number of aromatic nitrogens is 1. The molecule has 0 atom stereocenters. The van der Waals surface area contributed by atoms with Crippen molar-refractivity contribution in [3.05, 3.63) is 65.4 Å². The van der Waals surface area contributed by atoms with Crippen molar-refractivity contribution >= 4 is 16.8 Å². The second kappa shape index (κ2) is 5.58. The summed E-state index contributed by atoms with van der Waals surface area (Å²) in [6.07, 6.45) is 4.32. The Bertz CT molecular complexity index is 878. The molecule has 0 saturated heterocycles. The van der Waals surface area contributed by atoms with Gasteiger partial charge in [0.2, 0.25) is 0 Å². The Morgan fingerprint density at radius 3 is 2.61 bits per heavy atom. The van der Waals surface area contributed by atoms with Crippen LogP contribution in [0.5, 0.6) is 5.75 Å². The molecule has 23 heavy (non-hydrogen) atoms. The molecular weight excluding hydrogens is 286 g/mol. The van der Waals surface area contributed by atoms with Gasteiger partial charge in [-0.15, -0.1) is 0 Å². The van der Waals surface area contributed by atoms with Crippen LogP contribution >= 0.6 is 0 Å². The number of carbonyl (C=O) groups excluding carboxylic acids is 1. The van der Waals surface area contributed by atoms with E-state index in [2.05, 4.69) is 6.07 Å². The van der Waals surface area contributed by atoms with Crippen molar-refractivity contribution in [2.24, 2.45) is 0 Å². The highest BCUT2D eigenvalue weighted by Crippen LogP contribution is 2.34. The van der Waals surface area contributed by atoms with Crippen LogP contribution in [0.3, 0.4) is 0 Å². The predicted octanol–water partition coefficient (Wildman–Crippen LogP) is 4.22. The standard InChI is InChI=1S/C20H19NO2/c1-23-15-11-12-19-17(13-15)16-9-5-6-10-18(16)21(19)20(22)14-7-3-2-4-8-14/h2-4,7-8,11-13H,5-6,9-10H2,1H3. The highest BCUT2D eigenvalue weighted by molar-refractivity contribution is 6.04. The molecule has 1 heterocycles. The van der Waals surface area contributed by atoms with Crippen LogP contribution in [0.4, 0.5) is 0 Å². The van der Waals surface area contributed by atoms with Crippen molar-refractivity contribution in [3.8, 4) is 5.75 Å². The summed E-state index contributed by atoms with van der Waals surface area (Å²) >= 11 is 0. The maximum absolute atomic E-state index is 13.1. The zero-order valence-corrected chi connectivity index (χ0v) is 13.2. The van der Waals surface area contributed by atoms with Crippen molar-refractivity contribution in [3.63, 3.8) is 0 Å². The average Bonchev–Trinajstić information content (AvgIpc) is 2.95. The number of benzene rings is 2. The van der Waals surface area contributed by atoms with E-state index < -0.39 is 0 Å². The van der Waals surface area contributed by atoms with Gasteiger partial charge in [-0.2, -0.15) is 0 Å². The Morgan fingerprint density at radius 2 is 1.83 bits per heavy atom. The number of ether oxygens (including phenoxy) is 1. The summed E-state index contributed by atoms with van der Waals surface area (Å²) in [5.41, 5.74) is 4.21. The Hall–Kier alpha value is -2.55. The first kappa shape index (κ1) is 14.1. The molecule has 1 aliphatic carbocycles. The summed E-state index contributed by atoms with van der Waals surface area (Å²) in [5.74, 6) is 0.902. The molecule has 0 aliphatic heterocycles. The van der Waals surface area contributed by atoms with Crippen molar-refractivity contribution < 1.29 is 9.53 Å². The molecule has 1 aliphatic rings. The van der Waals surface area contributed by atoms with Gasteiger partial charge in [-0.3, -0.25) is 9.36 Å². The van der Waals surface area contributed by atoms with Gasteiger partial charge in [-0.25, -0.2) is 0 Å². The monoisotopic (exact) mass is 305 g/mol. The van der Waals surface area contributed by atoms with Crippen LogP contribution in [-0.2, 0) is 12.8 Å². The minimum atomic E-state index is 0.0592. The van der Waals surface area contributed by atoms with Crippen LogP contribution in [-0.4, -0.2) is 17.6 Å². The summed E-state index contributed by atoms with van der Waals surface area (Å²) < 4.78 is 7.29. The Kier molecular flexibility index (Phi) is 3.41. The van der Waals surface area contributed by atoms with Crippen molar-refractivity contribution in [1.29, 1.82) is 0 Å². The molecule has 3 nitrogen and oxygen atoms in total. The quantitative estimate of drug-likeness (QED) is 0.710. The Morgan fingerprint density at radius 1 is 1.04 bits per heavy atom. The zero-order chi connectivity index (χ0) is 15.8. The van der Waals surface area contributed by atoms with Crippen LogP contribution in [0, 0.1) is 0 Å². The highest BCUT2D eigenvalue weighted by Gasteiger charge is 2.24. The van der Waals surface area contributed by atoms with Crippen LogP contribution in [0.1, 0.15) is 34.5 Å². The van der Waals surface area contributed by atoms with Crippen LogP contribution < -0.4 is 4.74 Å². The van der Waals surface area contributed by atoms with Crippen LogP contribution in [0.25, 0.3) is 10.9 Å². The van der Waals surface area contributed by atoms with E-state index in [1.165, 1.54) is 17.7 Å². The lowest BCUT2D eigenvalue weighted by Crippen LogP contribution is -2.17. The van der Waals surface area contributed by atoms with Gasteiger partial charge in [0.15, 0.2) is 0 Å². The zero-order valence-electron chi connectivity index (χ0n) is 13.2. The van der Waals surface area contributed by atoms with Crippen LogP contribution in [0.15, 0.2) is 48.5 Å². The predicted molar refractivity (Wildman–Crippen MR) is 91.3 cm³/mol. The molecule has 4 rings (SSSR count). The molecule has 0 N–H and O–H groups in total. The molecular formula is C20H19NO2. The van der Waals surface area contributed by atoms with E-state index in [0.717, 1.165) is 41.5 Å². The highest BCUT2D eigenvalue weighted by atomic mass is 16.5. The number of aryl methyl sites for hydroxylation is 1. The largest absolute Gasteiger partial charge is 0.497 e. The molecule has 116 valence electrons. The van der Waals surface area contributed by atoms with E-state index >= 15 is 0 Å². The van der Waals surface area contributed by atoms with Crippen molar-refractivity contribution in [2.45, 2.75) is 25.7 Å². The lowest BCUT2D eigenvalue weighted by atomic mass is 9.95. The number of hydrogen-bond donors (Lipinski definition) is 0. The second-order valence-corrected chi connectivity index (χ2v) is 6.02. The van der Waals surface area contributed by atoms with E-state index in [4.69, 9.17) is 4.74 Å². The van der Waals surface area contributed by atoms with Gasteiger partial charge in [0.1, 0.15) is 5.75 Å². The van der Waals surface area contributed by atoms with E-state index in [1.54, 1.807) is 7.11 Å². The fraction of sp³-hybridized carbons (Fsp3) is 0.250. The molecule has 3 heteroatoms. The van der Waals surface area contributed by atoms with Gasteiger partial charge >= 0.3 is 0 Å². The van der Waals surface area contributed by atoms with Gasteiger partial charge in [0.25, 0.3) is 5.91 Å². The van der Waals surface area contributed by atoms with Gasteiger partial charge in [-0.1, -0.05) is 18.2 Å². The van der Waals surface area contributed by atoms with Crippen molar-refractivity contribution in [2.75, 3.05) is 7.11 Å². The van der Waals surface area contributed by atoms with E-state index in [0.29, 0.717) is 0 Å². The number of nitrogens with zero attached hydrogens (tertiary/aromatic N) is 1. The third kappa shape index (κ3) is 2.24. The van der Waals surface area contributed by atoms with Crippen LogP contribution in [0.2, 0.25) is 0 Å². The van der Waals surface area contributed by atoms with Crippen molar-refractivity contribution in [1.82, 2.24) is 4.57 Å². The molecule has 1 aromatic heterocycles. The third-order valence-electron chi connectivity index (χ3n) is 4.70. The number of rotatable bonds is 2. The minimum Gasteiger partial charge on any atom is -0.497 e. The molecule has 0 bridgehead atoms. The lowest BCUT2D eigenvalue weighted by molar-refractivity contribution is 0.0961. The number of fused-ring (bicyclic) bond motifs is 3. The summed E-state index contributed by atoms with van der Waals surface area (Å²) in [4.78, 5) is 13.1. The lowest BCUT2D eigenvalue weighted by Gasteiger charge is -2.15. The SMILES string of the molecule is COc1ccc2c(c1)c1c(n2C(=O)c2ccccc2)CCCC1. The topological polar surface area (TPSA) is 31.2 Å². The number of hydrogen-bond acceptors (Lipinski definition) is 2. The molecule has 0 fully saturated rings. The minimum absolute atomic E-state index is 0.0592. The van der Waals surface area contributed by atoms with E-state index in [9.17, 15) is 4.79 Å². The third-order valence-corrected chi connectivity index (χ3v) is 4.70. The fourth-order valence-electron chi connectivity index (χ4n) is 3.59. The maximum atomic E-state index is 13.1. The molecule has 0 saturated carbocycles. The normalized spacial score (nSPS) is 13.8. The molecule has 0 radical (unpaired) electrons. The average molecular weight is 305 g/mol. The van der Waals surface area contributed by atoms with Gasteiger partial charge < -0.3 is 4.74 Å². The first-order valence-electron chi connectivity index (χ1n) is 8.09. The van der Waals surface area contributed by atoms with Gasteiger partial charge in [0.05, 0.1) is 12.6 Å². The van der Waals surface area contributed by atoms with Gasteiger partial charge in [-0.05, 0) is 61.6 Å². The smallest absolute Gasteiger partial charge is 0.262 e. The number of methoxy groups -OCH3 is 1. The van der Waals surface area contributed by atoms with E-state index in [1.807, 2.05) is 47.0 Å². The first-order valence-corrected chi connectivity index (χ1v) is 8.09. The van der Waals surface area contributed by atoms with Gasteiger partial charge in [0, 0.05) is 16.6 Å². The molecule has 0 spiro atoms. The van der Waals surface area contributed by atoms with E-state index in [-0.39, 0.29) is 5.91 Å². The molecule has 3 aromatic rings. The molecule has 0 amide bonds. The number of carbonyl (C=O) groups is 1. The maximum Gasteiger partial charge on any atom is 0.262 e. The Labute approximate surface area is 135 Å². The fourth-order valence-corrected chi connectivity index (χ4v) is 3.59. The summed E-state index contributed by atoms with van der Waals surface area (Å²) in [6, 6.07) is 15.5. The summed E-state index contributed by atoms with van der Waals surface area (Å²) in [5, 5.41) is 1.16. The second-order valence-electron chi connectivity index (χ2n) is 6.02. The summed E-state index contributed by atoms with van der Waals surface area (Å²) in [7, 11) is 1.68. The summed E-state index contributed by atoms with van der Waals surface area (Å²) in [6.45, 7) is 0. The molecule has 0 unspecified atom stereocenters. The molecule has 2 aromatic carbocycles.